The number of aliphatic imine (C=N–C) groups is 1. The summed E-state index contributed by atoms with van der Waals surface area (Å²) in [4.78, 5) is 41.5. The Morgan fingerprint density at radius 2 is 2.18 bits per heavy atom. The first-order valence-corrected chi connectivity index (χ1v) is 11.0. The third-order valence-corrected chi connectivity index (χ3v) is 5.78. The van der Waals surface area contributed by atoms with Gasteiger partial charge < -0.3 is 19.9 Å². The van der Waals surface area contributed by atoms with Gasteiger partial charge in [-0.25, -0.2) is 9.18 Å². The van der Waals surface area contributed by atoms with Crippen LogP contribution in [0.15, 0.2) is 39.0 Å². The minimum Gasteiger partial charge on any atom is -0.394 e. The van der Waals surface area contributed by atoms with Crippen molar-refractivity contribution < 1.29 is 23.8 Å². The van der Waals surface area contributed by atoms with Gasteiger partial charge >= 0.3 is 5.69 Å². The van der Waals surface area contributed by atoms with Crippen LogP contribution in [-0.2, 0) is 16.0 Å². The average molecular weight is 497 g/mol. The van der Waals surface area contributed by atoms with Crippen LogP contribution in [0.25, 0.3) is 0 Å². The highest BCUT2D eigenvalue weighted by Gasteiger charge is 2.36. The molecule has 184 valence electrons. The van der Waals surface area contributed by atoms with Crippen molar-refractivity contribution in [3.8, 4) is 0 Å². The fraction of sp³-hybridized carbons (Fsp3) is 0.455. The SMILES string of the molecule is C=NC1C[C@H](n2cc(C)c(=O)n(CCOCCNC(=O)c3ccc(F)cc3Cl)c2=O)O[C@@H]1CO. The van der Waals surface area contributed by atoms with Crippen molar-refractivity contribution in [1.82, 2.24) is 14.5 Å². The predicted molar refractivity (Wildman–Crippen MR) is 123 cm³/mol. The first-order chi connectivity index (χ1) is 16.3. The second-order valence-electron chi connectivity index (χ2n) is 7.75. The largest absolute Gasteiger partial charge is 0.394 e. The third kappa shape index (κ3) is 5.79. The van der Waals surface area contributed by atoms with Crippen LogP contribution < -0.4 is 16.6 Å². The van der Waals surface area contributed by atoms with E-state index in [1.54, 1.807) is 6.92 Å². The lowest BCUT2D eigenvalue weighted by Crippen LogP contribution is -2.43. The number of aliphatic hydroxyl groups excluding tert-OH is 1. The Balaban J connectivity index is 1.56. The lowest BCUT2D eigenvalue weighted by molar-refractivity contribution is -0.0277. The second kappa shape index (κ2) is 11.5. The van der Waals surface area contributed by atoms with E-state index in [4.69, 9.17) is 21.1 Å². The van der Waals surface area contributed by atoms with Crippen molar-refractivity contribution >= 4 is 24.2 Å². The van der Waals surface area contributed by atoms with E-state index in [-0.39, 0.29) is 49.5 Å². The van der Waals surface area contributed by atoms with Gasteiger partial charge in [0, 0.05) is 24.7 Å². The highest BCUT2D eigenvalue weighted by molar-refractivity contribution is 6.33. The number of carbonyl (C=O) groups excluding carboxylic acids is 1. The molecule has 2 N–H and O–H groups in total. The molecule has 2 heterocycles. The van der Waals surface area contributed by atoms with Gasteiger partial charge in [0.1, 0.15) is 18.1 Å². The molecular weight excluding hydrogens is 471 g/mol. The summed E-state index contributed by atoms with van der Waals surface area (Å²) in [6, 6.07) is 3.12. The number of hydrogen-bond acceptors (Lipinski definition) is 7. The van der Waals surface area contributed by atoms with Crippen LogP contribution in [-0.4, -0.2) is 65.4 Å². The summed E-state index contributed by atoms with van der Waals surface area (Å²) in [5, 5.41) is 12.0. The number of hydrogen-bond donors (Lipinski definition) is 2. The van der Waals surface area contributed by atoms with Gasteiger partial charge in [-0.2, -0.15) is 0 Å². The molecule has 1 aromatic carbocycles. The van der Waals surface area contributed by atoms with E-state index >= 15 is 0 Å². The van der Waals surface area contributed by atoms with Gasteiger partial charge in [-0.05, 0) is 31.8 Å². The predicted octanol–water partition coefficient (Wildman–Crippen LogP) is 0.907. The summed E-state index contributed by atoms with van der Waals surface area (Å²) >= 11 is 5.86. The molecule has 0 aliphatic carbocycles. The standard InChI is InChI=1S/C22H26ClFN4O6/c1-13-11-28(19-10-17(25-2)18(12-29)34-19)22(32)27(21(13)31)6-8-33-7-5-26-20(30)15-4-3-14(24)9-16(15)23/h3-4,9,11,17-19,29H,2,5-8,10,12H2,1H3,(H,26,30)/t17?,18-,19-/m1/s1. The Kier molecular flexibility index (Phi) is 8.72. The number of aliphatic hydroxyl groups is 1. The molecule has 0 saturated carbocycles. The van der Waals surface area contributed by atoms with Gasteiger partial charge in [0.05, 0.1) is 43.0 Å². The fourth-order valence-corrected chi connectivity index (χ4v) is 3.92. The Morgan fingerprint density at radius 1 is 1.41 bits per heavy atom. The van der Waals surface area contributed by atoms with Crippen molar-refractivity contribution in [1.29, 1.82) is 0 Å². The molecule has 3 atom stereocenters. The maximum Gasteiger partial charge on any atom is 0.333 e. The lowest BCUT2D eigenvalue weighted by Gasteiger charge is -2.17. The highest BCUT2D eigenvalue weighted by atomic mass is 35.5. The van der Waals surface area contributed by atoms with Crippen molar-refractivity contribution in [2.75, 3.05) is 26.4 Å². The molecule has 1 fully saturated rings. The van der Waals surface area contributed by atoms with Crippen molar-refractivity contribution in [2.24, 2.45) is 4.99 Å². The number of carbonyl (C=O) groups is 1. The summed E-state index contributed by atoms with van der Waals surface area (Å²) in [5.41, 5.74) is -0.521. The van der Waals surface area contributed by atoms with E-state index in [0.29, 0.717) is 12.0 Å². The maximum absolute atomic E-state index is 13.1. The highest BCUT2D eigenvalue weighted by Crippen LogP contribution is 2.29. The maximum atomic E-state index is 13.1. The normalized spacial score (nSPS) is 19.8. The summed E-state index contributed by atoms with van der Waals surface area (Å²) in [6.45, 7) is 5.14. The van der Waals surface area contributed by atoms with Crippen LogP contribution in [0.4, 0.5) is 4.39 Å². The van der Waals surface area contributed by atoms with Gasteiger partial charge in [0.2, 0.25) is 0 Å². The van der Waals surface area contributed by atoms with Crippen molar-refractivity contribution in [2.45, 2.75) is 38.3 Å². The van der Waals surface area contributed by atoms with Crippen LogP contribution in [0, 0.1) is 12.7 Å². The lowest BCUT2D eigenvalue weighted by atomic mass is 10.1. The molecule has 1 unspecified atom stereocenters. The number of rotatable bonds is 10. The molecule has 10 nitrogen and oxygen atoms in total. The molecule has 1 aromatic heterocycles. The molecule has 1 amide bonds. The van der Waals surface area contributed by atoms with Crippen molar-refractivity contribution in [3.05, 3.63) is 67.2 Å². The Hall–Kier alpha value is -2.86. The third-order valence-electron chi connectivity index (χ3n) is 5.46. The number of ether oxygens (including phenoxy) is 2. The summed E-state index contributed by atoms with van der Waals surface area (Å²) < 4.78 is 26.6. The Labute approximate surface area is 199 Å². The molecule has 3 rings (SSSR count). The van der Waals surface area contributed by atoms with E-state index in [1.165, 1.54) is 16.8 Å². The number of nitrogens with zero attached hydrogens (tertiary/aromatic N) is 3. The van der Waals surface area contributed by atoms with Crippen LogP contribution in [0.1, 0.15) is 28.6 Å². The van der Waals surface area contributed by atoms with Crippen LogP contribution in [0.2, 0.25) is 5.02 Å². The van der Waals surface area contributed by atoms with Crippen LogP contribution >= 0.6 is 11.6 Å². The molecule has 0 bridgehead atoms. The zero-order valence-electron chi connectivity index (χ0n) is 18.6. The van der Waals surface area contributed by atoms with E-state index in [0.717, 1.165) is 16.7 Å². The fourth-order valence-electron chi connectivity index (χ4n) is 3.67. The van der Waals surface area contributed by atoms with E-state index in [2.05, 4.69) is 17.0 Å². The van der Waals surface area contributed by atoms with Gasteiger partial charge in [-0.15, -0.1) is 0 Å². The number of benzene rings is 1. The molecule has 0 radical (unpaired) electrons. The summed E-state index contributed by atoms with van der Waals surface area (Å²) in [5.74, 6) is -1.02. The number of halogens is 2. The molecule has 1 aliphatic rings. The Bertz CT molecular complexity index is 1170. The first-order valence-electron chi connectivity index (χ1n) is 10.6. The van der Waals surface area contributed by atoms with Gasteiger partial charge in [0.15, 0.2) is 0 Å². The topological polar surface area (TPSA) is 124 Å². The number of aromatic nitrogens is 2. The second-order valence-corrected chi connectivity index (χ2v) is 8.16. The van der Waals surface area contributed by atoms with Crippen LogP contribution in [0.3, 0.4) is 0 Å². The average Bonchev–Trinajstić information content (AvgIpc) is 3.23. The van der Waals surface area contributed by atoms with Crippen LogP contribution in [0.5, 0.6) is 0 Å². The summed E-state index contributed by atoms with van der Waals surface area (Å²) in [7, 11) is 0. The number of aryl methyl sites for hydroxylation is 1. The minimum atomic E-state index is -0.680. The minimum absolute atomic E-state index is 0.000245. The van der Waals surface area contributed by atoms with Crippen molar-refractivity contribution in [3.63, 3.8) is 0 Å². The number of amides is 1. The zero-order valence-corrected chi connectivity index (χ0v) is 19.3. The zero-order chi connectivity index (χ0) is 24.8. The molecule has 0 spiro atoms. The molecule has 12 heteroatoms. The van der Waals surface area contributed by atoms with E-state index < -0.39 is 35.3 Å². The molecule has 1 aliphatic heterocycles. The van der Waals surface area contributed by atoms with E-state index in [1.807, 2.05) is 0 Å². The van der Waals surface area contributed by atoms with E-state index in [9.17, 15) is 23.9 Å². The molecule has 1 saturated heterocycles. The number of nitrogens with one attached hydrogen (secondary N) is 1. The van der Waals surface area contributed by atoms with Gasteiger partial charge in [0.25, 0.3) is 11.5 Å². The first kappa shape index (κ1) is 25.8. The summed E-state index contributed by atoms with van der Waals surface area (Å²) in [6.07, 6.45) is 0.530. The monoisotopic (exact) mass is 496 g/mol. The molecule has 34 heavy (non-hydrogen) atoms. The van der Waals surface area contributed by atoms with Gasteiger partial charge in [-0.1, -0.05) is 11.6 Å². The molecular formula is C22H26ClFN4O6. The van der Waals surface area contributed by atoms with Gasteiger partial charge in [-0.3, -0.25) is 23.7 Å². The smallest absolute Gasteiger partial charge is 0.333 e. The Morgan fingerprint density at radius 3 is 2.82 bits per heavy atom. The quantitative estimate of drug-likeness (QED) is 0.372. The molecule has 2 aromatic rings.